The first kappa shape index (κ1) is 19.4. The minimum absolute atomic E-state index is 0.0661. The predicted octanol–water partition coefficient (Wildman–Crippen LogP) is 4.92. The molecule has 6 nitrogen and oxygen atoms in total. The molecule has 1 fully saturated rings. The van der Waals surface area contributed by atoms with Crippen molar-refractivity contribution in [3.8, 4) is 5.75 Å². The molecule has 1 saturated heterocycles. The van der Waals surface area contributed by atoms with Crippen LogP contribution in [0.25, 0.3) is 6.08 Å². The smallest absolute Gasteiger partial charge is 0.243 e. The molecule has 0 atom stereocenters. The molecular weight excluding hydrogens is 404 g/mol. The number of carbonyl (C=O) groups is 1. The van der Waals surface area contributed by atoms with E-state index < -0.39 is 0 Å². The number of amidine groups is 1. The molecule has 2 aromatic carbocycles. The third kappa shape index (κ3) is 4.23. The third-order valence-electron chi connectivity index (χ3n) is 4.21. The maximum absolute atomic E-state index is 12.9. The average molecular weight is 423 g/mol. The highest BCUT2D eigenvalue weighted by atomic mass is 32.2. The predicted molar refractivity (Wildman–Crippen MR) is 119 cm³/mol. The van der Waals surface area contributed by atoms with E-state index in [4.69, 9.17) is 4.74 Å². The topological polar surface area (TPSA) is 67.7 Å². The fourth-order valence-corrected chi connectivity index (χ4v) is 4.33. The van der Waals surface area contributed by atoms with Gasteiger partial charge in [-0.1, -0.05) is 48.6 Å². The second kappa shape index (κ2) is 8.59. The minimum atomic E-state index is -0.0661. The first-order chi connectivity index (χ1) is 14.2. The van der Waals surface area contributed by atoms with Crippen LogP contribution in [-0.4, -0.2) is 27.6 Å². The Kier molecular flexibility index (Phi) is 5.73. The molecule has 0 bridgehead atoms. The second-order valence-electron chi connectivity index (χ2n) is 6.09. The molecule has 29 heavy (non-hydrogen) atoms. The Morgan fingerprint density at radius 3 is 2.52 bits per heavy atom. The summed E-state index contributed by atoms with van der Waals surface area (Å²) in [5.41, 5.74) is 2.32. The summed E-state index contributed by atoms with van der Waals surface area (Å²) in [4.78, 5) is 19.4. The molecule has 0 radical (unpaired) electrons. The molecule has 1 aromatic heterocycles. The summed E-state index contributed by atoms with van der Waals surface area (Å²) in [5.74, 6) is 0.768. The van der Waals surface area contributed by atoms with Crippen molar-refractivity contribution in [1.29, 1.82) is 0 Å². The van der Waals surface area contributed by atoms with Gasteiger partial charge in [-0.2, -0.15) is 4.99 Å². The van der Waals surface area contributed by atoms with E-state index in [-0.39, 0.29) is 5.12 Å². The van der Waals surface area contributed by atoms with Crippen LogP contribution in [0.3, 0.4) is 0 Å². The number of carbonyl (C=O) groups excluding carboxylic acids is 1. The lowest BCUT2D eigenvalue weighted by molar-refractivity contribution is -0.107. The number of aliphatic imine (C=N–C) groups is 1. The van der Waals surface area contributed by atoms with Crippen molar-refractivity contribution in [3.63, 3.8) is 0 Å². The van der Waals surface area contributed by atoms with E-state index >= 15 is 0 Å². The molecule has 0 saturated carbocycles. The molecule has 0 spiro atoms. The molecule has 4 rings (SSSR count). The normalized spacial score (nSPS) is 16.8. The Bertz CT molecular complexity index is 1080. The Hall–Kier alpha value is -2.97. The van der Waals surface area contributed by atoms with E-state index in [1.54, 1.807) is 7.11 Å². The number of para-hydroxylation sites is 1. The van der Waals surface area contributed by atoms with Crippen LogP contribution in [0.2, 0.25) is 0 Å². The quantitative estimate of drug-likeness (QED) is 0.544. The molecule has 146 valence electrons. The van der Waals surface area contributed by atoms with Gasteiger partial charge < -0.3 is 4.74 Å². The Balaban J connectivity index is 1.77. The van der Waals surface area contributed by atoms with Gasteiger partial charge in [-0.25, -0.2) is 0 Å². The Morgan fingerprint density at radius 1 is 1.10 bits per heavy atom. The van der Waals surface area contributed by atoms with Crippen molar-refractivity contribution in [2.75, 3.05) is 12.0 Å². The van der Waals surface area contributed by atoms with Gasteiger partial charge in [0.25, 0.3) is 0 Å². The van der Waals surface area contributed by atoms with Gasteiger partial charge >= 0.3 is 0 Å². The zero-order valence-corrected chi connectivity index (χ0v) is 17.5. The fraction of sp³-hybridized carbons (Fsp3) is 0.143. The van der Waals surface area contributed by atoms with E-state index in [2.05, 4.69) is 15.2 Å². The molecule has 0 unspecified atom stereocenters. The molecule has 0 amide bonds. The number of thioether (sulfide) groups is 1. The van der Waals surface area contributed by atoms with Crippen molar-refractivity contribution in [1.82, 2.24) is 10.2 Å². The van der Waals surface area contributed by atoms with E-state index in [1.807, 2.05) is 72.5 Å². The lowest BCUT2D eigenvalue weighted by Crippen LogP contribution is -2.22. The second-order valence-corrected chi connectivity index (χ2v) is 8.07. The minimum Gasteiger partial charge on any atom is -0.497 e. The van der Waals surface area contributed by atoms with E-state index in [0.29, 0.717) is 16.0 Å². The first-order valence-electron chi connectivity index (χ1n) is 9.02. The number of hydrogen-bond acceptors (Lipinski definition) is 7. The van der Waals surface area contributed by atoms with Crippen molar-refractivity contribution in [3.05, 3.63) is 70.9 Å². The first-order valence-corrected chi connectivity index (χ1v) is 10.7. The number of anilines is 1. The summed E-state index contributed by atoms with van der Waals surface area (Å²) in [6, 6.07) is 17.3. The van der Waals surface area contributed by atoms with E-state index in [0.717, 1.165) is 40.2 Å². The molecule has 0 N–H and O–H groups in total. The van der Waals surface area contributed by atoms with Gasteiger partial charge in [-0.3, -0.25) is 9.69 Å². The van der Waals surface area contributed by atoms with Crippen LogP contribution in [0.1, 0.15) is 17.5 Å². The maximum Gasteiger partial charge on any atom is 0.243 e. The van der Waals surface area contributed by atoms with E-state index in [9.17, 15) is 4.79 Å². The summed E-state index contributed by atoms with van der Waals surface area (Å²) in [5, 5.41) is 10.2. The summed E-state index contributed by atoms with van der Waals surface area (Å²) in [6.45, 7) is 2.03. The number of benzene rings is 2. The lowest BCUT2D eigenvalue weighted by Gasteiger charge is -2.18. The highest BCUT2D eigenvalue weighted by Gasteiger charge is 2.34. The number of aromatic nitrogens is 2. The average Bonchev–Trinajstić information content (AvgIpc) is 3.33. The molecule has 8 heteroatoms. The molecular formula is C21H18N4O2S2. The lowest BCUT2D eigenvalue weighted by atomic mass is 10.1. The van der Waals surface area contributed by atoms with Gasteiger partial charge in [-0.05, 0) is 54.1 Å². The number of hydrogen-bond donors (Lipinski definition) is 0. The Morgan fingerprint density at radius 2 is 1.86 bits per heavy atom. The monoisotopic (exact) mass is 422 g/mol. The zero-order valence-electron chi connectivity index (χ0n) is 15.9. The van der Waals surface area contributed by atoms with Crippen LogP contribution in [-0.2, 0) is 11.2 Å². The molecule has 1 aliphatic rings. The highest BCUT2D eigenvalue weighted by Crippen LogP contribution is 2.37. The summed E-state index contributed by atoms with van der Waals surface area (Å²) >= 11 is 2.53. The van der Waals surface area contributed by atoms with Crippen molar-refractivity contribution < 1.29 is 9.53 Å². The van der Waals surface area contributed by atoms with Crippen molar-refractivity contribution in [2.24, 2.45) is 4.99 Å². The van der Waals surface area contributed by atoms with Gasteiger partial charge in [0.15, 0.2) is 5.17 Å². The van der Waals surface area contributed by atoms with Gasteiger partial charge in [0, 0.05) is 5.69 Å². The third-order valence-corrected chi connectivity index (χ3v) is 6.02. The highest BCUT2D eigenvalue weighted by molar-refractivity contribution is 8.27. The van der Waals surface area contributed by atoms with Crippen molar-refractivity contribution >= 4 is 50.3 Å². The van der Waals surface area contributed by atoms with Gasteiger partial charge in [-0.15, -0.1) is 10.2 Å². The summed E-state index contributed by atoms with van der Waals surface area (Å²) in [7, 11) is 1.63. The van der Waals surface area contributed by atoms with E-state index in [1.165, 1.54) is 11.3 Å². The van der Waals surface area contributed by atoms with Crippen LogP contribution in [0.4, 0.5) is 10.8 Å². The SMILES string of the molecule is CCc1nnc(/N=C2\SC(=O)/C(=C/c3ccc(OC)cc3)N2c2ccccc2)s1. The summed E-state index contributed by atoms with van der Waals surface area (Å²) in [6.07, 6.45) is 2.67. The van der Waals surface area contributed by atoms with Crippen LogP contribution in [0.5, 0.6) is 5.75 Å². The number of ether oxygens (including phenoxy) is 1. The van der Waals surface area contributed by atoms with Crippen LogP contribution in [0.15, 0.2) is 65.3 Å². The zero-order chi connectivity index (χ0) is 20.2. The van der Waals surface area contributed by atoms with Gasteiger partial charge in [0.1, 0.15) is 16.5 Å². The standard InChI is InChI=1S/C21H18N4O2S2/c1-3-18-23-24-20(28-18)22-21-25(15-7-5-4-6-8-15)17(19(26)29-21)13-14-9-11-16(27-2)12-10-14/h4-13H,3H2,1-2H3/b17-13-,22-21-. The molecule has 1 aliphatic heterocycles. The largest absolute Gasteiger partial charge is 0.497 e. The number of rotatable bonds is 5. The fourth-order valence-electron chi connectivity index (χ4n) is 2.77. The van der Waals surface area contributed by atoms with Gasteiger partial charge in [0.05, 0.1) is 7.11 Å². The van der Waals surface area contributed by atoms with Crippen LogP contribution >= 0.6 is 23.1 Å². The molecule has 2 heterocycles. The number of aryl methyl sites for hydroxylation is 1. The molecule has 0 aliphatic carbocycles. The van der Waals surface area contributed by atoms with Crippen LogP contribution in [0, 0.1) is 0 Å². The maximum atomic E-state index is 12.9. The van der Waals surface area contributed by atoms with Gasteiger partial charge in [0.2, 0.25) is 10.2 Å². The van der Waals surface area contributed by atoms with Crippen molar-refractivity contribution in [2.45, 2.75) is 13.3 Å². The summed E-state index contributed by atoms with van der Waals surface area (Å²) < 4.78 is 5.21. The number of methoxy groups -OCH3 is 1. The number of nitrogens with zero attached hydrogens (tertiary/aromatic N) is 4. The Labute approximate surface area is 177 Å². The molecule has 3 aromatic rings. The van der Waals surface area contributed by atoms with Crippen LogP contribution < -0.4 is 9.64 Å².